The lowest BCUT2D eigenvalue weighted by Crippen LogP contribution is -2.79. The summed E-state index contributed by atoms with van der Waals surface area (Å²) in [5.74, 6) is -0.745. The van der Waals surface area contributed by atoms with Gasteiger partial charge in [0.25, 0.3) is 0 Å². The maximum Gasteiger partial charge on any atom is 0.408 e. The lowest BCUT2D eigenvalue weighted by Gasteiger charge is -2.56. The van der Waals surface area contributed by atoms with Gasteiger partial charge in [-0.3, -0.25) is 9.59 Å². The highest BCUT2D eigenvalue weighted by Gasteiger charge is 2.59. The molecule has 0 radical (unpaired) electrons. The van der Waals surface area contributed by atoms with Gasteiger partial charge in [0.05, 0.1) is 0 Å². The van der Waals surface area contributed by atoms with Gasteiger partial charge in [-0.25, -0.2) is 4.79 Å². The van der Waals surface area contributed by atoms with Crippen molar-refractivity contribution in [2.24, 2.45) is 0 Å². The third-order valence-corrected chi connectivity index (χ3v) is 10.6. The van der Waals surface area contributed by atoms with Gasteiger partial charge in [-0.05, 0) is 10.6 Å². The first kappa shape index (κ1) is 21.0. The molecule has 1 aromatic carbocycles. The first-order chi connectivity index (χ1) is 12.4. The van der Waals surface area contributed by atoms with Crippen LogP contribution in [0.25, 0.3) is 0 Å². The molecule has 1 fully saturated rings. The lowest BCUT2D eigenvalue weighted by molar-refractivity contribution is -0.178. The highest BCUT2D eigenvalue weighted by Crippen LogP contribution is 2.43. The summed E-state index contributed by atoms with van der Waals surface area (Å²) < 4.78 is 12.2. The van der Waals surface area contributed by atoms with Crippen LogP contribution in [0.4, 0.5) is 4.79 Å². The van der Waals surface area contributed by atoms with E-state index in [1.807, 2.05) is 43.4 Å². The maximum absolute atomic E-state index is 12.8. The fourth-order valence-corrected chi connectivity index (χ4v) is 4.99. The second kappa shape index (κ2) is 7.72. The fraction of sp³-hybridized carbons (Fsp3) is 0.526. The second-order valence-corrected chi connectivity index (χ2v) is 13.3. The smallest absolute Gasteiger partial charge is 0.408 e. The molecular formula is C19H28N2O5Si. The molecule has 0 saturated carbocycles. The van der Waals surface area contributed by atoms with Gasteiger partial charge in [0.1, 0.15) is 6.61 Å². The summed E-state index contributed by atoms with van der Waals surface area (Å²) >= 11 is 0. The van der Waals surface area contributed by atoms with E-state index in [9.17, 15) is 14.4 Å². The van der Waals surface area contributed by atoms with Crippen LogP contribution in [0.15, 0.2) is 30.3 Å². The summed E-state index contributed by atoms with van der Waals surface area (Å²) in [5, 5.41) is 2.41. The summed E-state index contributed by atoms with van der Waals surface area (Å²) in [5.41, 5.74) is 0.840. The molecule has 27 heavy (non-hydrogen) atoms. The summed E-state index contributed by atoms with van der Waals surface area (Å²) in [7, 11) is -2.26. The number of benzene rings is 1. The van der Waals surface area contributed by atoms with E-state index in [1.165, 1.54) is 6.92 Å². The first-order valence-corrected chi connectivity index (χ1v) is 11.9. The highest BCUT2D eigenvalue weighted by molar-refractivity contribution is 6.80. The molecule has 0 aliphatic carbocycles. The third kappa shape index (κ3) is 4.50. The number of ether oxygens (including phenoxy) is 2. The molecule has 148 valence electrons. The van der Waals surface area contributed by atoms with Gasteiger partial charge in [-0.2, -0.15) is 0 Å². The molecule has 1 heterocycles. The van der Waals surface area contributed by atoms with Gasteiger partial charge in [-0.15, -0.1) is 0 Å². The lowest BCUT2D eigenvalue weighted by atomic mass is 10.1. The Morgan fingerprint density at radius 3 is 2.30 bits per heavy atom. The zero-order valence-electron chi connectivity index (χ0n) is 16.7. The number of carbonyl (C=O) groups is 3. The number of carbonyl (C=O) groups excluding carboxylic acids is 3. The van der Waals surface area contributed by atoms with Gasteiger partial charge in [-0.1, -0.05) is 64.2 Å². The standard InChI is InChI=1S/C19H28N2O5Si/c1-13(22)26-17-15(16(23)21(17)27(5,6)19(2,3)4)20-18(24)25-12-14-10-8-7-9-11-14/h7-11,15,17H,12H2,1-6H3,(H,20,24)/t15-,17+/m1/s1. The van der Waals surface area contributed by atoms with Crippen LogP contribution in [0.1, 0.15) is 33.3 Å². The average Bonchev–Trinajstić information content (AvgIpc) is 2.57. The first-order valence-electron chi connectivity index (χ1n) is 8.93. The van der Waals surface area contributed by atoms with E-state index in [-0.39, 0.29) is 17.6 Å². The maximum atomic E-state index is 12.8. The van der Waals surface area contributed by atoms with E-state index >= 15 is 0 Å². The minimum absolute atomic E-state index is 0.0950. The van der Waals surface area contributed by atoms with Crippen molar-refractivity contribution in [1.29, 1.82) is 0 Å². The van der Waals surface area contributed by atoms with Crippen LogP contribution in [0.3, 0.4) is 0 Å². The molecule has 0 aromatic heterocycles. The molecule has 0 bridgehead atoms. The molecule has 0 spiro atoms. The molecule has 1 aromatic rings. The summed E-state index contributed by atoms with van der Waals surface area (Å²) in [6.07, 6.45) is -1.52. The monoisotopic (exact) mass is 392 g/mol. The second-order valence-electron chi connectivity index (χ2n) is 8.20. The van der Waals surface area contributed by atoms with Crippen molar-refractivity contribution in [3.8, 4) is 0 Å². The van der Waals surface area contributed by atoms with Crippen molar-refractivity contribution in [3.05, 3.63) is 35.9 Å². The molecule has 2 rings (SSSR count). The molecule has 1 aliphatic rings. The van der Waals surface area contributed by atoms with Crippen LogP contribution < -0.4 is 5.32 Å². The Morgan fingerprint density at radius 1 is 1.19 bits per heavy atom. The van der Waals surface area contributed by atoms with E-state index in [1.54, 1.807) is 4.57 Å². The zero-order valence-corrected chi connectivity index (χ0v) is 17.7. The average molecular weight is 393 g/mol. The van der Waals surface area contributed by atoms with Gasteiger partial charge in [0.2, 0.25) is 5.91 Å². The third-order valence-electron chi connectivity index (χ3n) is 5.25. The van der Waals surface area contributed by atoms with Gasteiger partial charge in [0.15, 0.2) is 20.5 Å². The van der Waals surface area contributed by atoms with Crippen molar-refractivity contribution < 1.29 is 23.9 Å². The Hall–Kier alpha value is -2.35. The molecule has 1 N–H and O–H groups in total. The SMILES string of the molecule is CC(=O)O[C@H]1[C@H](NC(=O)OCc2ccccc2)C(=O)N1[Si](C)(C)C(C)(C)C. The van der Waals surface area contributed by atoms with E-state index in [0.717, 1.165) is 5.56 Å². The number of β-lactam (4-membered cyclic amide) rings is 1. The van der Waals surface area contributed by atoms with Crippen LogP contribution in [-0.4, -0.2) is 43.0 Å². The van der Waals surface area contributed by atoms with Crippen molar-refractivity contribution in [2.45, 2.75) is 64.7 Å². The summed E-state index contributed by atoms with van der Waals surface area (Å²) in [4.78, 5) is 36.4. The van der Waals surface area contributed by atoms with Gasteiger partial charge in [0, 0.05) is 6.92 Å². The normalized spacial score (nSPS) is 19.9. The van der Waals surface area contributed by atoms with Crippen LogP contribution >= 0.6 is 0 Å². The summed E-state index contributed by atoms with van der Waals surface area (Å²) in [6.45, 7) is 11.7. The topological polar surface area (TPSA) is 84.9 Å². The predicted molar refractivity (Wildman–Crippen MR) is 103 cm³/mol. The zero-order chi connectivity index (χ0) is 20.4. The Kier molecular flexibility index (Phi) is 5.99. The number of nitrogens with zero attached hydrogens (tertiary/aromatic N) is 1. The Bertz CT molecular complexity index is 715. The van der Waals surface area contributed by atoms with Crippen molar-refractivity contribution in [1.82, 2.24) is 9.88 Å². The molecule has 1 saturated heterocycles. The number of hydrogen-bond donors (Lipinski definition) is 1. The molecule has 2 amide bonds. The number of amides is 2. The minimum atomic E-state index is -2.26. The van der Waals surface area contributed by atoms with Crippen LogP contribution in [0.2, 0.25) is 18.1 Å². The van der Waals surface area contributed by atoms with E-state index < -0.39 is 32.6 Å². The van der Waals surface area contributed by atoms with E-state index in [2.05, 4.69) is 26.1 Å². The van der Waals surface area contributed by atoms with E-state index in [0.29, 0.717) is 0 Å². The Morgan fingerprint density at radius 2 is 1.78 bits per heavy atom. The highest BCUT2D eigenvalue weighted by atomic mass is 28.3. The Labute approximate surface area is 161 Å². The van der Waals surface area contributed by atoms with Crippen molar-refractivity contribution >= 4 is 26.2 Å². The van der Waals surface area contributed by atoms with Crippen LogP contribution in [-0.2, 0) is 25.7 Å². The largest absolute Gasteiger partial charge is 0.445 e. The minimum Gasteiger partial charge on any atom is -0.445 e. The number of hydrogen-bond acceptors (Lipinski definition) is 5. The molecule has 1 aliphatic heterocycles. The Balaban J connectivity index is 2.06. The molecule has 2 atom stereocenters. The molecule has 7 nitrogen and oxygen atoms in total. The number of alkyl carbamates (subject to hydrolysis) is 1. The number of rotatable bonds is 5. The molecule has 0 unspecified atom stereocenters. The van der Waals surface area contributed by atoms with Crippen molar-refractivity contribution in [3.63, 3.8) is 0 Å². The number of esters is 1. The van der Waals surface area contributed by atoms with Gasteiger partial charge >= 0.3 is 12.1 Å². The van der Waals surface area contributed by atoms with Crippen molar-refractivity contribution in [2.75, 3.05) is 0 Å². The molecule has 8 heteroatoms. The predicted octanol–water partition coefficient (Wildman–Crippen LogP) is 3.02. The fourth-order valence-electron chi connectivity index (χ4n) is 2.73. The number of nitrogens with one attached hydrogen (secondary N) is 1. The quantitative estimate of drug-likeness (QED) is 0.473. The summed E-state index contributed by atoms with van der Waals surface area (Å²) in [6, 6.07) is 8.31. The molecular weight excluding hydrogens is 364 g/mol. The van der Waals surface area contributed by atoms with Crippen LogP contribution in [0, 0.1) is 0 Å². The van der Waals surface area contributed by atoms with Gasteiger partial charge < -0.3 is 19.4 Å². The van der Waals surface area contributed by atoms with E-state index in [4.69, 9.17) is 9.47 Å². The van der Waals surface area contributed by atoms with Crippen LogP contribution in [0.5, 0.6) is 0 Å².